The molecule has 0 saturated carbocycles. The number of rotatable bonds is 6. The number of aromatic hydroxyl groups is 1. The molecule has 2 aromatic rings. The van der Waals surface area contributed by atoms with Crippen molar-refractivity contribution in [1.82, 2.24) is 5.32 Å². The Hall–Kier alpha value is -1.75. The Labute approximate surface area is 155 Å². The van der Waals surface area contributed by atoms with Crippen LogP contribution in [0.15, 0.2) is 42.5 Å². The van der Waals surface area contributed by atoms with E-state index in [1.54, 1.807) is 6.07 Å². The van der Waals surface area contributed by atoms with Crippen LogP contribution in [0.1, 0.15) is 23.1 Å². The number of hydrogen-bond acceptors (Lipinski definition) is 4. The fraction of sp³-hybridized carbons (Fsp3) is 0.400. The summed E-state index contributed by atoms with van der Waals surface area (Å²) in [6.07, 6.45) is 2.39. The maximum Gasteiger partial charge on any atom is 0.122 e. The van der Waals surface area contributed by atoms with Gasteiger partial charge in [-0.1, -0.05) is 24.3 Å². The number of fused-ring (bicyclic) bond motifs is 1. The molecule has 0 amide bonds. The second-order valence-corrected chi connectivity index (χ2v) is 6.53. The van der Waals surface area contributed by atoms with Crippen molar-refractivity contribution in [3.05, 3.63) is 59.2 Å². The van der Waals surface area contributed by atoms with Gasteiger partial charge in [-0.2, -0.15) is 0 Å². The van der Waals surface area contributed by atoms with Gasteiger partial charge in [0.05, 0.1) is 0 Å². The molecule has 0 spiro atoms. The minimum Gasteiger partial charge on any atom is -0.508 e. The van der Waals surface area contributed by atoms with Gasteiger partial charge in [-0.3, -0.25) is 0 Å². The van der Waals surface area contributed by atoms with Crippen LogP contribution >= 0.6 is 12.4 Å². The van der Waals surface area contributed by atoms with Crippen molar-refractivity contribution in [1.29, 1.82) is 0 Å². The van der Waals surface area contributed by atoms with E-state index in [0.717, 1.165) is 30.6 Å². The predicted octanol–water partition coefficient (Wildman–Crippen LogP) is 3.01. The average Bonchev–Trinajstić information content (AvgIpc) is 2.59. The number of halogens is 1. The van der Waals surface area contributed by atoms with Crippen LogP contribution < -0.4 is 10.1 Å². The lowest BCUT2D eigenvalue weighted by Crippen LogP contribution is -2.40. The van der Waals surface area contributed by atoms with E-state index in [9.17, 15) is 10.2 Å². The third kappa shape index (κ3) is 5.36. The van der Waals surface area contributed by atoms with Crippen LogP contribution in [0.3, 0.4) is 0 Å². The van der Waals surface area contributed by atoms with Crippen molar-refractivity contribution in [3.8, 4) is 11.5 Å². The van der Waals surface area contributed by atoms with Crippen molar-refractivity contribution in [2.75, 3.05) is 13.2 Å². The predicted molar refractivity (Wildman–Crippen MR) is 102 cm³/mol. The highest BCUT2D eigenvalue weighted by molar-refractivity contribution is 5.85. The summed E-state index contributed by atoms with van der Waals surface area (Å²) in [5, 5.41) is 23.2. The smallest absolute Gasteiger partial charge is 0.122 e. The quantitative estimate of drug-likeness (QED) is 0.738. The number of benzene rings is 2. The minimum atomic E-state index is -0.546. The molecule has 25 heavy (non-hydrogen) atoms. The molecular weight excluding hydrogens is 338 g/mol. The molecule has 136 valence electrons. The Morgan fingerprint density at radius 1 is 1.20 bits per heavy atom. The first kappa shape index (κ1) is 19.6. The van der Waals surface area contributed by atoms with Gasteiger partial charge in [0.1, 0.15) is 24.2 Å². The van der Waals surface area contributed by atoms with Gasteiger partial charge in [0, 0.05) is 12.6 Å². The highest BCUT2D eigenvalue weighted by Gasteiger charge is 2.19. The monoisotopic (exact) mass is 363 g/mol. The molecular formula is C20H26ClNO3. The van der Waals surface area contributed by atoms with E-state index >= 15 is 0 Å². The summed E-state index contributed by atoms with van der Waals surface area (Å²) in [6, 6.07) is 13.7. The lowest BCUT2D eigenvalue weighted by Gasteiger charge is -2.26. The van der Waals surface area contributed by atoms with Crippen LogP contribution in [0.4, 0.5) is 0 Å². The molecule has 0 bridgehead atoms. The lowest BCUT2D eigenvalue weighted by atomic mass is 9.88. The first-order valence-corrected chi connectivity index (χ1v) is 8.52. The molecule has 0 saturated heterocycles. The van der Waals surface area contributed by atoms with Crippen molar-refractivity contribution in [2.45, 2.75) is 38.3 Å². The highest BCUT2D eigenvalue weighted by atomic mass is 35.5. The number of para-hydroxylation sites is 1. The number of aryl methyl sites for hydroxylation is 2. The topological polar surface area (TPSA) is 61.7 Å². The molecule has 2 unspecified atom stereocenters. The maximum atomic E-state index is 10.1. The van der Waals surface area contributed by atoms with Crippen molar-refractivity contribution in [2.24, 2.45) is 0 Å². The number of nitrogens with one attached hydrogen (secondary N) is 1. The maximum absolute atomic E-state index is 10.1. The summed E-state index contributed by atoms with van der Waals surface area (Å²) in [5.74, 6) is 1.14. The summed E-state index contributed by atoms with van der Waals surface area (Å²) in [4.78, 5) is 0. The molecule has 1 aliphatic carbocycles. The van der Waals surface area contributed by atoms with Crippen molar-refractivity contribution in [3.63, 3.8) is 0 Å². The third-order valence-electron chi connectivity index (χ3n) is 4.59. The van der Waals surface area contributed by atoms with Crippen LogP contribution in [0.5, 0.6) is 11.5 Å². The van der Waals surface area contributed by atoms with E-state index < -0.39 is 6.10 Å². The fourth-order valence-electron chi connectivity index (χ4n) is 3.18. The van der Waals surface area contributed by atoms with Crippen LogP contribution in [-0.2, 0) is 12.8 Å². The molecule has 2 atom stereocenters. The zero-order chi connectivity index (χ0) is 16.9. The molecule has 4 nitrogen and oxygen atoms in total. The van der Waals surface area contributed by atoms with Gasteiger partial charge in [0.15, 0.2) is 0 Å². The molecule has 3 N–H and O–H groups in total. The molecule has 3 rings (SSSR count). The van der Waals surface area contributed by atoms with Crippen molar-refractivity contribution < 1.29 is 14.9 Å². The van der Waals surface area contributed by atoms with Gasteiger partial charge in [-0.05, 0) is 61.1 Å². The number of aliphatic hydroxyl groups is 1. The summed E-state index contributed by atoms with van der Waals surface area (Å²) < 4.78 is 5.69. The highest BCUT2D eigenvalue weighted by Crippen LogP contribution is 2.25. The van der Waals surface area contributed by atoms with Crippen LogP contribution in [0.25, 0.3) is 0 Å². The molecule has 0 aromatic heterocycles. The van der Waals surface area contributed by atoms with E-state index in [1.165, 1.54) is 11.1 Å². The number of aliphatic hydroxyl groups excluding tert-OH is 1. The SMILES string of the molecule is Cc1ccccc1OCC(O)CNC1CCc2ccc(O)cc2C1.Cl. The van der Waals surface area contributed by atoms with Crippen LogP contribution in [0, 0.1) is 6.92 Å². The first-order valence-electron chi connectivity index (χ1n) is 8.52. The van der Waals surface area contributed by atoms with Crippen LogP contribution in [0.2, 0.25) is 0 Å². The van der Waals surface area contributed by atoms with E-state index in [2.05, 4.69) is 5.32 Å². The number of phenols is 1. The van der Waals surface area contributed by atoms with E-state index in [4.69, 9.17) is 4.74 Å². The Kier molecular flexibility index (Phi) is 7.12. The molecule has 0 heterocycles. The molecule has 1 aliphatic rings. The summed E-state index contributed by atoms with van der Waals surface area (Å²) in [6.45, 7) is 2.78. The van der Waals surface area contributed by atoms with E-state index in [1.807, 2.05) is 43.3 Å². The molecule has 2 aromatic carbocycles. The van der Waals surface area contributed by atoms with Crippen molar-refractivity contribution >= 4 is 12.4 Å². The zero-order valence-electron chi connectivity index (χ0n) is 14.4. The third-order valence-corrected chi connectivity index (χ3v) is 4.59. The molecule has 0 fully saturated rings. The molecule has 0 radical (unpaired) electrons. The molecule has 0 aliphatic heterocycles. The van der Waals surface area contributed by atoms with Gasteiger partial charge in [-0.25, -0.2) is 0 Å². The fourth-order valence-corrected chi connectivity index (χ4v) is 3.18. The minimum absolute atomic E-state index is 0. The Morgan fingerprint density at radius 2 is 2.00 bits per heavy atom. The van der Waals surface area contributed by atoms with Gasteiger partial charge >= 0.3 is 0 Å². The Morgan fingerprint density at radius 3 is 2.80 bits per heavy atom. The summed E-state index contributed by atoms with van der Waals surface area (Å²) >= 11 is 0. The summed E-state index contributed by atoms with van der Waals surface area (Å²) in [5.41, 5.74) is 3.58. The lowest BCUT2D eigenvalue weighted by molar-refractivity contribution is 0.102. The zero-order valence-corrected chi connectivity index (χ0v) is 15.3. The van der Waals surface area contributed by atoms with Gasteiger partial charge < -0.3 is 20.3 Å². The van der Waals surface area contributed by atoms with Gasteiger partial charge in [-0.15, -0.1) is 12.4 Å². The average molecular weight is 364 g/mol. The summed E-state index contributed by atoms with van der Waals surface area (Å²) in [7, 11) is 0. The Balaban J connectivity index is 0.00000225. The second-order valence-electron chi connectivity index (χ2n) is 6.53. The number of hydrogen-bond donors (Lipinski definition) is 3. The Bertz CT molecular complexity index is 692. The van der Waals surface area contributed by atoms with E-state index in [-0.39, 0.29) is 19.0 Å². The number of phenolic OH excluding ortho intramolecular Hbond substituents is 1. The van der Waals surface area contributed by atoms with Crippen LogP contribution in [-0.4, -0.2) is 35.5 Å². The second kappa shape index (κ2) is 9.09. The number of ether oxygens (including phenoxy) is 1. The van der Waals surface area contributed by atoms with E-state index in [0.29, 0.717) is 18.3 Å². The molecule has 5 heteroatoms. The standard InChI is InChI=1S/C20H25NO3.ClH/c1-14-4-2-3-5-20(14)24-13-19(23)12-21-17-8-6-15-7-9-18(22)11-16(15)10-17;/h2-5,7,9,11,17,19,21-23H,6,8,10,12-13H2,1H3;1H. The first-order chi connectivity index (χ1) is 11.6. The van der Waals surface area contributed by atoms with Gasteiger partial charge in [0.25, 0.3) is 0 Å². The largest absolute Gasteiger partial charge is 0.508 e. The normalized spacial score (nSPS) is 17.3. The van der Waals surface area contributed by atoms with Gasteiger partial charge in [0.2, 0.25) is 0 Å².